The molecule has 3 unspecified atom stereocenters. The van der Waals surface area contributed by atoms with Crippen LogP contribution < -0.4 is 4.90 Å². The van der Waals surface area contributed by atoms with Crippen LogP contribution in [0.3, 0.4) is 0 Å². The fraction of sp³-hybridized carbons (Fsp3) is 0.143. The van der Waals surface area contributed by atoms with Gasteiger partial charge in [0.05, 0.1) is 11.5 Å². The van der Waals surface area contributed by atoms with Crippen molar-refractivity contribution in [1.82, 2.24) is 0 Å². The summed E-state index contributed by atoms with van der Waals surface area (Å²) in [5.74, 6) is 0.654. The standard InChI is InChI=1S/C63H49NO2/c1-2-41-22-17-28-51-50-36-34-49(39-55(50)63(61(41)51,45-23-11-5-12-24-45)46-25-13-6-14-26-46)64(47-32-30-43(31-33-47)42-18-7-3-8-19-42)48-35-37-57-53(38-48)54-40-58-60(52-27-15-16-29-56(52)65-58)59(62(54)66-57)44-20-9-4-10-21-44/h3-7,9-18,20-33,35-41,49,61H,2,8,19,34H2,1H3. The normalized spacial score (nSPS) is 19.7. The van der Waals surface area contributed by atoms with E-state index in [1.54, 1.807) is 0 Å². The number of fused-ring (bicyclic) bond motifs is 9. The largest absolute Gasteiger partial charge is 0.456 e. The summed E-state index contributed by atoms with van der Waals surface area (Å²) < 4.78 is 13.6. The lowest BCUT2D eigenvalue weighted by atomic mass is 9.60. The molecule has 9 aromatic rings. The van der Waals surface area contributed by atoms with Gasteiger partial charge in [0.15, 0.2) is 0 Å². The SMILES string of the molecule is CCC1C=CC=C2C3=CCC(N(c4ccc(C5=CC=CCC5)cc4)c4ccc5oc6c(-c7ccccc7)c7c(cc6c5c4)oc4ccccc47)C=C3C(c3ccccc3)(c3ccccc3)C21. The second-order valence-electron chi connectivity index (χ2n) is 18.4. The number of furan rings is 2. The van der Waals surface area contributed by atoms with Crippen molar-refractivity contribution >= 4 is 60.8 Å². The van der Waals surface area contributed by atoms with Crippen molar-refractivity contribution in [2.45, 2.75) is 44.1 Å². The third-order valence-electron chi connectivity index (χ3n) is 15.0. The number of benzene rings is 7. The van der Waals surface area contributed by atoms with E-state index in [9.17, 15) is 0 Å². The van der Waals surface area contributed by atoms with E-state index in [0.717, 1.165) is 92.1 Å². The van der Waals surface area contributed by atoms with Crippen molar-refractivity contribution in [2.75, 3.05) is 4.90 Å². The van der Waals surface area contributed by atoms with Crippen LogP contribution >= 0.6 is 0 Å². The number of hydrogen-bond donors (Lipinski definition) is 0. The van der Waals surface area contributed by atoms with Crippen LogP contribution in [0, 0.1) is 11.8 Å². The van der Waals surface area contributed by atoms with E-state index in [4.69, 9.17) is 8.83 Å². The Hall–Kier alpha value is -7.62. The molecular weight excluding hydrogens is 803 g/mol. The Labute approximate surface area is 385 Å². The highest BCUT2D eigenvalue weighted by molar-refractivity contribution is 6.23. The topological polar surface area (TPSA) is 29.5 Å². The van der Waals surface area contributed by atoms with Crippen LogP contribution in [-0.2, 0) is 5.41 Å². The van der Waals surface area contributed by atoms with Gasteiger partial charge in [0.2, 0.25) is 0 Å². The Kier molecular flexibility index (Phi) is 9.13. The predicted molar refractivity (Wildman–Crippen MR) is 274 cm³/mol. The number of allylic oxidation sites excluding steroid dienone is 10. The molecule has 1 fully saturated rings. The molecule has 4 aliphatic rings. The lowest BCUT2D eigenvalue weighted by Crippen LogP contribution is -2.40. The molecule has 0 spiro atoms. The van der Waals surface area contributed by atoms with Gasteiger partial charge < -0.3 is 13.7 Å². The van der Waals surface area contributed by atoms with Gasteiger partial charge in [0, 0.05) is 44.4 Å². The van der Waals surface area contributed by atoms with Crippen LogP contribution in [0.4, 0.5) is 11.4 Å². The molecular formula is C63H49NO2. The quantitative estimate of drug-likeness (QED) is 0.153. The van der Waals surface area contributed by atoms with E-state index in [1.807, 2.05) is 6.07 Å². The maximum atomic E-state index is 6.98. The van der Waals surface area contributed by atoms with Gasteiger partial charge in [0.1, 0.15) is 22.3 Å². The summed E-state index contributed by atoms with van der Waals surface area (Å²) in [4.78, 5) is 2.59. The number of para-hydroxylation sites is 1. The van der Waals surface area contributed by atoms with Crippen molar-refractivity contribution in [3.8, 4) is 11.1 Å². The van der Waals surface area contributed by atoms with Crippen molar-refractivity contribution in [3.05, 3.63) is 246 Å². The molecule has 2 aromatic heterocycles. The number of anilines is 2. The summed E-state index contributed by atoms with van der Waals surface area (Å²) in [5, 5.41) is 4.29. The van der Waals surface area contributed by atoms with Crippen LogP contribution in [0.1, 0.15) is 49.3 Å². The second kappa shape index (κ2) is 15.5. The average molecular weight is 852 g/mol. The summed E-state index contributed by atoms with van der Waals surface area (Å²) in [7, 11) is 0. The zero-order chi connectivity index (χ0) is 43.8. The van der Waals surface area contributed by atoms with Gasteiger partial charge in [-0.05, 0) is 119 Å². The summed E-state index contributed by atoms with van der Waals surface area (Å²) in [5.41, 5.74) is 17.2. The zero-order valence-electron chi connectivity index (χ0n) is 37.0. The Morgan fingerprint density at radius 2 is 1.33 bits per heavy atom. The molecule has 0 radical (unpaired) electrons. The van der Waals surface area contributed by atoms with Gasteiger partial charge in [-0.3, -0.25) is 0 Å². The summed E-state index contributed by atoms with van der Waals surface area (Å²) >= 11 is 0. The first-order valence-corrected chi connectivity index (χ1v) is 23.7. The molecule has 4 aliphatic carbocycles. The molecule has 0 aliphatic heterocycles. The third-order valence-corrected chi connectivity index (χ3v) is 15.0. The third kappa shape index (κ3) is 5.89. The minimum Gasteiger partial charge on any atom is -0.456 e. The van der Waals surface area contributed by atoms with Gasteiger partial charge in [-0.25, -0.2) is 0 Å². The van der Waals surface area contributed by atoms with Crippen LogP contribution in [0.5, 0.6) is 0 Å². The number of nitrogens with zero attached hydrogens (tertiary/aromatic N) is 1. The molecule has 3 heteroatoms. The highest BCUT2D eigenvalue weighted by Crippen LogP contribution is 2.63. The van der Waals surface area contributed by atoms with E-state index in [-0.39, 0.29) is 17.4 Å². The first-order valence-electron chi connectivity index (χ1n) is 23.7. The monoisotopic (exact) mass is 851 g/mol. The van der Waals surface area contributed by atoms with Crippen LogP contribution in [-0.4, -0.2) is 6.04 Å². The molecule has 0 N–H and O–H groups in total. The predicted octanol–water partition coefficient (Wildman–Crippen LogP) is 16.8. The lowest BCUT2D eigenvalue weighted by molar-refractivity contribution is 0.350. The molecule has 1 saturated carbocycles. The maximum Gasteiger partial charge on any atom is 0.144 e. The Morgan fingerprint density at radius 1 is 0.621 bits per heavy atom. The fourth-order valence-corrected chi connectivity index (χ4v) is 12.2. The van der Waals surface area contributed by atoms with Crippen molar-refractivity contribution < 1.29 is 8.83 Å². The average Bonchev–Trinajstić information content (AvgIpc) is 4.05. The van der Waals surface area contributed by atoms with Crippen LogP contribution in [0.2, 0.25) is 0 Å². The van der Waals surface area contributed by atoms with Crippen LogP contribution in [0.15, 0.2) is 238 Å². The van der Waals surface area contributed by atoms with Gasteiger partial charge in [-0.2, -0.15) is 0 Å². The van der Waals surface area contributed by atoms with E-state index >= 15 is 0 Å². The number of hydrogen-bond acceptors (Lipinski definition) is 3. The fourth-order valence-electron chi connectivity index (χ4n) is 12.2. The molecule has 7 aromatic carbocycles. The van der Waals surface area contributed by atoms with Crippen molar-refractivity contribution in [1.29, 1.82) is 0 Å². The molecule has 2 heterocycles. The lowest BCUT2D eigenvalue weighted by Gasteiger charge is -2.43. The minimum absolute atomic E-state index is 0.0181. The highest BCUT2D eigenvalue weighted by Gasteiger charge is 2.57. The van der Waals surface area contributed by atoms with E-state index < -0.39 is 0 Å². The summed E-state index contributed by atoms with van der Waals surface area (Å²) in [6, 6.07) is 60.0. The van der Waals surface area contributed by atoms with Gasteiger partial charge in [-0.1, -0.05) is 177 Å². The molecule has 318 valence electrons. The van der Waals surface area contributed by atoms with Crippen molar-refractivity contribution in [3.63, 3.8) is 0 Å². The molecule has 3 nitrogen and oxygen atoms in total. The van der Waals surface area contributed by atoms with Crippen molar-refractivity contribution in [2.24, 2.45) is 11.8 Å². The second-order valence-corrected chi connectivity index (χ2v) is 18.4. The molecule has 3 atom stereocenters. The van der Waals surface area contributed by atoms with E-state index in [0.29, 0.717) is 5.92 Å². The minimum atomic E-state index is -0.378. The highest BCUT2D eigenvalue weighted by atomic mass is 16.3. The first kappa shape index (κ1) is 38.8. The zero-order valence-corrected chi connectivity index (χ0v) is 37.0. The number of rotatable bonds is 8. The van der Waals surface area contributed by atoms with Gasteiger partial charge in [-0.15, -0.1) is 0 Å². The van der Waals surface area contributed by atoms with Gasteiger partial charge >= 0.3 is 0 Å². The molecule has 66 heavy (non-hydrogen) atoms. The van der Waals surface area contributed by atoms with Crippen LogP contribution in [0.25, 0.3) is 60.6 Å². The summed E-state index contributed by atoms with van der Waals surface area (Å²) in [6.07, 6.45) is 23.2. The van der Waals surface area contributed by atoms with E-state index in [2.05, 4.69) is 218 Å². The molecule has 0 saturated heterocycles. The molecule has 13 rings (SSSR count). The Morgan fingerprint density at radius 3 is 2.08 bits per heavy atom. The smallest absolute Gasteiger partial charge is 0.144 e. The Balaban J connectivity index is 1.04. The summed E-state index contributed by atoms with van der Waals surface area (Å²) in [6.45, 7) is 2.36. The van der Waals surface area contributed by atoms with E-state index in [1.165, 1.54) is 39.0 Å². The van der Waals surface area contributed by atoms with Gasteiger partial charge in [0.25, 0.3) is 0 Å². The molecule has 0 bridgehead atoms. The first-order chi connectivity index (χ1) is 32.7. The molecule has 0 amide bonds. The maximum absolute atomic E-state index is 6.98. The Bertz CT molecular complexity index is 3500.